The molecule has 0 amide bonds. The van der Waals surface area contributed by atoms with Gasteiger partial charge in [0, 0.05) is 4.90 Å². The highest BCUT2D eigenvalue weighted by molar-refractivity contribution is 8.56. The predicted octanol–water partition coefficient (Wildman–Crippen LogP) is 5.43. The van der Waals surface area contributed by atoms with E-state index in [0.717, 1.165) is 16.9 Å². The zero-order valence-electron chi connectivity index (χ0n) is 9.15. The van der Waals surface area contributed by atoms with Crippen LogP contribution < -0.4 is 5.09 Å². The molecule has 0 heterocycles. The molecule has 3 nitrogen and oxygen atoms in total. The molecule has 0 fully saturated rings. The van der Waals surface area contributed by atoms with Crippen LogP contribution in [0.3, 0.4) is 0 Å². The van der Waals surface area contributed by atoms with Crippen LogP contribution in [0.25, 0.3) is 0 Å². The fraction of sp³-hybridized carbons (Fsp3) is 0.222. The third-order valence-corrected chi connectivity index (χ3v) is 7.19. The summed E-state index contributed by atoms with van der Waals surface area (Å²) in [5.74, 6) is 0. The molecule has 9 heteroatoms. The summed E-state index contributed by atoms with van der Waals surface area (Å²) in [5.41, 5.74) is 1.15. The summed E-state index contributed by atoms with van der Waals surface area (Å²) in [4.78, 5) is 0.507. The largest absolute Gasteiger partial charge is 0.355 e. The summed E-state index contributed by atoms with van der Waals surface area (Å²) in [6.07, 6.45) is 0. The summed E-state index contributed by atoms with van der Waals surface area (Å²) in [7, 11) is 0. The van der Waals surface area contributed by atoms with Crippen molar-refractivity contribution in [2.24, 2.45) is 0 Å². The molecule has 18 heavy (non-hydrogen) atoms. The molecule has 100 valence electrons. The van der Waals surface area contributed by atoms with Crippen LogP contribution in [-0.4, -0.2) is 12.1 Å². The van der Waals surface area contributed by atoms with E-state index in [1.165, 1.54) is 0 Å². The average Bonchev–Trinajstić information content (AvgIpc) is 2.31. The Morgan fingerprint density at radius 1 is 1.44 bits per heavy atom. The summed E-state index contributed by atoms with van der Waals surface area (Å²) in [5, 5.41) is 3.31. The van der Waals surface area contributed by atoms with E-state index in [9.17, 15) is 4.57 Å². The minimum Gasteiger partial charge on any atom is -0.306 e. The van der Waals surface area contributed by atoms with Gasteiger partial charge in [0.05, 0.1) is 27.2 Å². The maximum absolute atomic E-state index is 12.3. The fourth-order valence-electron chi connectivity index (χ4n) is 1.03. The highest BCUT2D eigenvalue weighted by Gasteiger charge is 2.25. The standard InChI is InChI=1S/C9H9Cl3NO2PS2/c1-2-15-16(14,13-5-17)18-7-4-3-6(10)8(11)9(7)12/h3-5H,2H2,1H3,(H,13,14,17). The lowest BCUT2D eigenvalue weighted by Gasteiger charge is -2.17. The van der Waals surface area contributed by atoms with E-state index in [4.69, 9.17) is 39.3 Å². The third-order valence-electron chi connectivity index (χ3n) is 1.73. The van der Waals surface area contributed by atoms with Gasteiger partial charge in [0.1, 0.15) is 0 Å². The molecule has 0 bridgehead atoms. The Balaban J connectivity index is 3.05. The maximum Gasteiger partial charge on any atom is 0.355 e. The lowest BCUT2D eigenvalue weighted by molar-refractivity contribution is 0.343. The molecule has 0 aliphatic carbocycles. The zero-order valence-corrected chi connectivity index (χ0v) is 13.9. The Morgan fingerprint density at radius 2 is 2.11 bits per heavy atom. The summed E-state index contributed by atoms with van der Waals surface area (Å²) in [6, 6.07) is 3.20. The second kappa shape index (κ2) is 7.34. The van der Waals surface area contributed by atoms with Crippen LogP contribution >= 0.6 is 65.1 Å². The molecule has 0 radical (unpaired) electrons. The smallest absolute Gasteiger partial charge is 0.306 e. The molecule has 0 spiro atoms. The highest BCUT2D eigenvalue weighted by atomic mass is 35.5. The number of nitrogens with one attached hydrogen (secondary N) is 1. The lowest BCUT2D eigenvalue weighted by atomic mass is 10.4. The normalized spacial score (nSPS) is 14.0. The van der Waals surface area contributed by atoms with Crippen molar-refractivity contribution in [3.8, 4) is 0 Å². The Hall–Kier alpha value is 0.520. The van der Waals surface area contributed by atoms with Gasteiger partial charge in [0.25, 0.3) is 0 Å². The van der Waals surface area contributed by atoms with Gasteiger partial charge >= 0.3 is 6.72 Å². The van der Waals surface area contributed by atoms with Gasteiger partial charge in [-0.1, -0.05) is 47.0 Å². The molecule has 1 unspecified atom stereocenters. The minimum atomic E-state index is -3.18. The van der Waals surface area contributed by atoms with Gasteiger partial charge in [-0.25, -0.2) is 0 Å². The molecule has 1 aromatic carbocycles. The van der Waals surface area contributed by atoms with Gasteiger partial charge in [0.2, 0.25) is 0 Å². The molecule has 0 saturated carbocycles. The molecule has 1 atom stereocenters. The molecule has 1 rings (SSSR count). The van der Waals surface area contributed by atoms with Gasteiger partial charge in [-0.05, 0) is 30.4 Å². The van der Waals surface area contributed by atoms with Crippen LogP contribution in [0.15, 0.2) is 17.0 Å². The fourth-order valence-corrected chi connectivity index (χ4v) is 5.76. The summed E-state index contributed by atoms with van der Waals surface area (Å²) in [6.45, 7) is -1.17. The molecular formula is C9H9Cl3NO2PS2. The number of thiocarbonyl (C=S) groups is 1. The highest BCUT2D eigenvalue weighted by Crippen LogP contribution is 2.60. The van der Waals surface area contributed by atoms with Crippen molar-refractivity contribution in [2.75, 3.05) is 6.61 Å². The van der Waals surface area contributed by atoms with E-state index in [-0.39, 0.29) is 16.7 Å². The molecule has 0 saturated heterocycles. The van der Waals surface area contributed by atoms with Gasteiger partial charge < -0.3 is 9.61 Å². The van der Waals surface area contributed by atoms with Crippen molar-refractivity contribution in [1.82, 2.24) is 5.09 Å². The number of hydrogen-bond donors (Lipinski definition) is 1. The Bertz CT molecular complexity index is 501. The van der Waals surface area contributed by atoms with E-state index >= 15 is 0 Å². The van der Waals surface area contributed by atoms with Gasteiger partial charge in [-0.15, -0.1) is 0 Å². The Kier molecular flexibility index (Phi) is 6.76. The quantitative estimate of drug-likeness (QED) is 0.414. The molecule has 0 aliphatic heterocycles. The van der Waals surface area contributed by atoms with Crippen molar-refractivity contribution in [2.45, 2.75) is 11.8 Å². The van der Waals surface area contributed by atoms with Crippen molar-refractivity contribution < 1.29 is 9.09 Å². The zero-order chi connectivity index (χ0) is 13.8. The second-order valence-corrected chi connectivity index (χ2v) is 8.45. The molecule has 0 aromatic heterocycles. The maximum atomic E-state index is 12.3. The van der Waals surface area contributed by atoms with Crippen molar-refractivity contribution >= 4 is 70.6 Å². The van der Waals surface area contributed by atoms with E-state index in [1.54, 1.807) is 19.1 Å². The molecular weight excluding hydrogens is 356 g/mol. The first kappa shape index (κ1) is 16.6. The van der Waals surface area contributed by atoms with E-state index in [0.29, 0.717) is 9.92 Å². The number of hydrogen-bond acceptors (Lipinski definition) is 4. The summed E-state index contributed by atoms with van der Waals surface area (Å²) >= 11 is 23.3. The van der Waals surface area contributed by atoms with Gasteiger partial charge in [-0.3, -0.25) is 4.57 Å². The minimum absolute atomic E-state index is 0.216. The number of halogens is 3. The van der Waals surface area contributed by atoms with Crippen molar-refractivity contribution in [1.29, 1.82) is 0 Å². The summed E-state index contributed by atoms with van der Waals surface area (Å²) < 4.78 is 17.5. The van der Waals surface area contributed by atoms with Crippen LogP contribution in [0, 0.1) is 0 Å². The third kappa shape index (κ3) is 4.27. The first-order valence-electron chi connectivity index (χ1n) is 4.72. The van der Waals surface area contributed by atoms with Crippen molar-refractivity contribution in [3.63, 3.8) is 0 Å². The monoisotopic (exact) mass is 363 g/mol. The molecule has 1 aromatic rings. The van der Waals surface area contributed by atoms with E-state index in [1.807, 2.05) is 0 Å². The first-order valence-corrected chi connectivity index (χ1v) is 9.37. The SMILES string of the molecule is CCOP(=O)(NC=S)Sc1ccc(Cl)c(Cl)c1Cl. The topological polar surface area (TPSA) is 38.3 Å². The van der Waals surface area contributed by atoms with Crippen molar-refractivity contribution in [3.05, 3.63) is 27.2 Å². The molecule has 1 N–H and O–H groups in total. The van der Waals surface area contributed by atoms with E-state index < -0.39 is 6.72 Å². The van der Waals surface area contributed by atoms with Crippen LogP contribution in [0.2, 0.25) is 15.1 Å². The second-order valence-electron chi connectivity index (χ2n) is 2.93. The average molecular weight is 365 g/mol. The van der Waals surface area contributed by atoms with Crippen LogP contribution in [-0.2, 0) is 9.09 Å². The van der Waals surface area contributed by atoms with Gasteiger partial charge in [-0.2, -0.15) is 0 Å². The van der Waals surface area contributed by atoms with E-state index in [2.05, 4.69) is 17.3 Å². The van der Waals surface area contributed by atoms with Crippen LogP contribution in [0.1, 0.15) is 6.92 Å². The van der Waals surface area contributed by atoms with Crippen LogP contribution in [0.4, 0.5) is 0 Å². The number of benzene rings is 1. The first-order chi connectivity index (χ1) is 8.43. The predicted molar refractivity (Wildman–Crippen MR) is 83.4 cm³/mol. The molecule has 0 aliphatic rings. The van der Waals surface area contributed by atoms with Crippen LogP contribution in [0.5, 0.6) is 0 Å². The Labute approximate surface area is 130 Å². The number of rotatable bonds is 6. The van der Waals surface area contributed by atoms with Gasteiger partial charge in [0.15, 0.2) is 0 Å². The lowest BCUT2D eigenvalue weighted by Crippen LogP contribution is -2.06. The Morgan fingerprint density at radius 3 is 2.67 bits per heavy atom.